The first kappa shape index (κ1) is 62.2. The first-order valence-corrected chi connectivity index (χ1v) is 29.0. The van der Waals surface area contributed by atoms with E-state index in [-0.39, 0.29) is 19.1 Å². The number of nitrogens with one attached hydrogen (secondary N) is 1. The van der Waals surface area contributed by atoms with Crippen LogP contribution < -0.4 is 10.2 Å². The summed E-state index contributed by atoms with van der Waals surface area (Å²) < 4.78 is 23.4. The molecule has 0 aliphatic heterocycles. The molecule has 0 fully saturated rings. The number of allylic oxidation sites excluding steroid dienone is 2. The van der Waals surface area contributed by atoms with Gasteiger partial charge in [-0.05, 0) is 38.5 Å². The molecule has 0 aromatic carbocycles. The third kappa shape index (κ3) is 49.0. The van der Waals surface area contributed by atoms with Crippen LogP contribution >= 0.6 is 7.82 Å². The van der Waals surface area contributed by atoms with Gasteiger partial charge in [0, 0.05) is 6.42 Å². The lowest BCUT2D eigenvalue weighted by atomic mass is 10.0. The fourth-order valence-corrected chi connectivity index (χ4v) is 9.11. The zero-order chi connectivity index (χ0) is 46.4. The molecule has 0 radical (unpaired) electrons. The number of hydrogen-bond acceptors (Lipinski definition) is 6. The molecule has 0 aliphatic rings. The molecular formula is C54H109N2O6P. The zero-order valence-electron chi connectivity index (χ0n) is 42.8. The number of nitrogens with zero attached hydrogens (tertiary/aromatic N) is 1. The van der Waals surface area contributed by atoms with E-state index in [1.54, 1.807) is 0 Å². The number of unbranched alkanes of at least 4 members (excludes halogenated alkanes) is 36. The molecule has 0 aromatic rings. The molecule has 0 rings (SSSR count). The van der Waals surface area contributed by atoms with E-state index in [2.05, 4.69) is 31.3 Å². The van der Waals surface area contributed by atoms with Crippen molar-refractivity contribution in [1.29, 1.82) is 0 Å². The van der Waals surface area contributed by atoms with E-state index in [0.717, 1.165) is 51.4 Å². The van der Waals surface area contributed by atoms with Gasteiger partial charge < -0.3 is 28.8 Å². The summed E-state index contributed by atoms with van der Waals surface area (Å²) in [6.45, 7) is 4.75. The predicted molar refractivity (Wildman–Crippen MR) is 270 cm³/mol. The maximum absolute atomic E-state index is 12.9. The second-order valence-corrected chi connectivity index (χ2v) is 21.7. The summed E-state index contributed by atoms with van der Waals surface area (Å²) >= 11 is 0. The highest BCUT2D eigenvalue weighted by molar-refractivity contribution is 7.45. The van der Waals surface area contributed by atoms with Crippen molar-refractivity contribution < 1.29 is 32.9 Å². The average Bonchev–Trinajstić information content (AvgIpc) is 3.24. The fourth-order valence-electron chi connectivity index (χ4n) is 8.39. The summed E-state index contributed by atoms with van der Waals surface area (Å²) in [6.07, 6.45) is 55.2. The number of quaternary nitrogens is 1. The van der Waals surface area contributed by atoms with Crippen LogP contribution in [0.4, 0.5) is 0 Å². The Hall–Kier alpha value is -0.760. The number of carbonyl (C=O) groups is 1. The van der Waals surface area contributed by atoms with Gasteiger partial charge in [0.15, 0.2) is 0 Å². The SMILES string of the molecule is CCCCCCCCCCC/C=C\CCCCCCCC(=O)NC(COP(=O)([O-])OCC[N+](C)(C)C)C(O)CCCCCCCCCCCCCCCCCCCCCCCCC. The predicted octanol–water partition coefficient (Wildman–Crippen LogP) is 15.6. The molecule has 8 nitrogen and oxygen atoms in total. The van der Waals surface area contributed by atoms with Gasteiger partial charge in [0.25, 0.3) is 7.82 Å². The Labute approximate surface area is 392 Å². The summed E-state index contributed by atoms with van der Waals surface area (Å²) in [7, 11) is 1.31. The molecule has 0 saturated carbocycles. The van der Waals surface area contributed by atoms with E-state index in [1.807, 2.05) is 21.1 Å². The first-order chi connectivity index (χ1) is 30.5. The van der Waals surface area contributed by atoms with Crippen molar-refractivity contribution >= 4 is 13.7 Å². The molecule has 0 spiro atoms. The molecule has 0 heterocycles. The van der Waals surface area contributed by atoms with Crippen molar-refractivity contribution in [2.45, 2.75) is 289 Å². The third-order valence-corrected chi connectivity index (χ3v) is 13.7. The van der Waals surface area contributed by atoms with Gasteiger partial charge in [-0.3, -0.25) is 9.36 Å². The Balaban J connectivity index is 4.19. The number of carbonyl (C=O) groups excluding carboxylic acids is 1. The van der Waals surface area contributed by atoms with Crippen molar-refractivity contribution in [3.8, 4) is 0 Å². The number of aliphatic hydroxyl groups is 1. The molecular weight excluding hydrogens is 804 g/mol. The fraction of sp³-hybridized carbons (Fsp3) is 0.944. The van der Waals surface area contributed by atoms with Gasteiger partial charge in [0.05, 0.1) is 39.9 Å². The number of aliphatic hydroxyl groups excluding tert-OH is 1. The minimum Gasteiger partial charge on any atom is -0.756 e. The highest BCUT2D eigenvalue weighted by Crippen LogP contribution is 2.38. The second-order valence-electron chi connectivity index (χ2n) is 20.3. The minimum absolute atomic E-state index is 0.0129. The van der Waals surface area contributed by atoms with Crippen molar-refractivity contribution in [3.05, 3.63) is 12.2 Å². The lowest BCUT2D eigenvalue weighted by molar-refractivity contribution is -0.870. The molecule has 3 unspecified atom stereocenters. The van der Waals surface area contributed by atoms with Crippen LogP contribution in [0.1, 0.15) is 277 Å². The highest BCUT2D eigenvalue weighted by Gasteiger charge is 2.24. The molecule has 1 amide bonds. The van der Waals surface area contributed by atoms with Crippen LogP contribution in [-0.4, -0.2) is 68.5 Å². The summed E-state index contributed by atoms with van der Waals surface area (Å²) in [5.41, 5.74) is 0. The molecule has 0 bridgehead atoms. The standard InChI is InChI=1S/C54H109N2O6P/c1-6-8-10-12-14-16-18-20-22-24-26-27-28-29-30-31-33-35-37-39-41-43-45-47-53(57)52(51-62-63(59,60)61-50-49-56(3,4)5)55-54(58)48-46-44-42-40-38-36-34-32-25-23-21-19-17-15-13-11-9-7-2/h32,34,52-53,57H,6-31,33,35-51H2,1-5H3,(H-,55,58,59,60)/b34-32-. The molecule has 63 heavy (non-hydrogen) atoms. The quantitative estimate of drug-likeness (QED) is 0.0272. The Morgan fingerprint density at radius 3 is 1.24 bits per heavy atom. The van der Waals surface area contributed by atoms with E-state index in [9.17, 15) is 19.4 Å². The van der Waals surface area contributed by atoms with Gasteiger partial charge in [-0.25, -0.2) is 0 Å². The van der Waals surface area contributed by atoms with Crippen molar-refractivity contribution in [1.82, 2.24) is 5.32 Å². The summed E-state index contributed by atoms with van der Waals surface area (Å²) in [4.78, 5) is 25.5. The van der Waals surface area contributed by atoms with Crippen molar-refractivity contribution in [2.75, 3.05) is 40.9 Å². The van der Waals surface area contributed by atoms with Crippen LogP contribution in [0, 0.1) is 0 Å². The number of rotatable bonds is 51. The van der Waals surface area contributed by atoms with Gasteiger partial charge in [-0.2, -0.15) is 0 Å². The molecule has 0 aromatic heterocycles. The molecule has 9 heteroatoms. The maximum Gasteiger partial charge on any atom is 0.268 e. The van der Waals surface area contributed by atoms with Crippen LogP contribution in [0.25, 0.3) is 0 Å². The smallest absolute Gasteiger partial charge is 0.268 e. The van der Waals surface area contributed by atoms with Crippen LogP contribution in [-0.2, 0) is 18.4 Å². The van der Waals surface area contributed by atoms with Gasteiger partial charge in [-0.1, -0.05) is 244 Å². The molecule has 3 atom stereocenters. The second kappa shape index (κ2) is 46.4. The monoisotopic (exact) mass is 913 g/mol. The Bertz CT molecular complexity index is 1040. The van der Waals surface area contributed by atoms with Gasteiger partial charge in [0.1, 0.15) is 13.2 Å². The largest absolute Gasteiger partial charge is 0.756 e. The maximum atomic E-state index is 12.9. The van der Waals surface area contributed by atoms with Crippen molar-refractivity contribution in [3.63, 3.8) is 0 Å². The molecule has 0 saturated heterocycles. The zero-order valence-corrected chi connectivity index (χ0v) is 43.7. The summed E-state index contributed by atoms with van der Waals surface area (Å²) in [5, 5.41) is 14.0. The van der Waals surface area contributed by atoms with E-state index < -0.39 is 20.0 Å². The lowest BCUT2D eigenvalue weighted by Crippen LogP contribution is -2.46. The highest BCUT2D eigenvalue weighted by atomic mass is 31.2. The van der Waals surface area contributed by atoms with Crippen LogP contribution in [0.5, 0.6) is 0 Å². The average molecular weight is 913 g/mol. The summed E-state index contributed by atoms with van der Waals surface area (Å²) in [5.74, 6) is -0.168. The third-order valence-electron chi connectivity index (χ3n) is 12.8. The van der Waals surface area contributed by atoms with Crippen LogP contribution in [0.15, 0.2) is 12.2 Å². The number of hydrogen-bond donors (Lipinski definition) is 2. The topological polar surface area (TPSA) is 108 Å². The normalized spacial score (nSPS) is 14.1. The van der Waals surface area contributed by atoms with E-state index >= 15 is 0 Å². The molecule has 2 N–H and O–H groups in total. The van der Waals surface area contributed by atoms with Crippen LogP contribution in [0.3, 0.4) is 0 Å². The number of phosphoric ester groups is 1. The number of phosphoric acid groups is 1. The lowest BCUT2D eigenvalue weighted by Gasteiger charge is -2.30. The Kier molecular flexibility index (Phi) is 45.8. The van der Waals surface area contributed by atoms with E-state index in [0.29, 0.717) is 23.9 Å². The number of amides is 1. The Morgan fingerprint density at radius 2 is 0.873 bits per heavy atom. The first-order valence-electron chi connectivity index (χ1n) is 27.5. The van der Waals surface area contributed by atoms with Gasteiger partial charge in [0.2, 0.25) is 5.91 Å². The number of likely N-dealkylation sites (N-methyl/N-ethyl adjacent to an activating group) is 1. The van der Waals surface area contributed by atoms with Crippen LogP contribution in [0.2, 0.25) is 0 Å². The van der Waals surface area contributed by atoms with Gasteiger partial charge >= 0.3 is 0 Å². The Morgan fingerprint density at radius 1 is 0.540 bits per heavy atom. The summed E-state index contributed by atoms with van der Waals surface area (Å²) in [6, 6.07) is -0.802. The van der Waals surface area contributed by atoms with E-state index in [4.69, 9.17) is 9.05 Å². The molecule has 0 aliphatic carbocycles. The van der Waals surface area contributed by atoms with Gasteiger partial charge in [-0.15, -0.1) is 0 Å². The minimum atomic E-state index is -4.57. The van der Waals surface area contributed by atoms with E-state index in [1.165, 1.54) is 199 Å². The van der Waals surface area contributed by atoms with Crippen molar-refractivity contribution in [2.24, 2.45) is 0 Å². The molecule has 376 valence electrons.